The van der Waals surface area contributed by atoms with Gasteiger partial charge in [-0.1, -0.05) is 6.07 Å². The Kier molecular flexibility index (Phi) is 3.37. The Bertz CT molecular complexity index is 419. The molecule has 2 rings (SSSR count). The van der Waals surface area contributed by atoms with Gasteiger partial charge < -0.3 is 19.1 Å². The molecule has 0 atom stereocenters. The third kappa shape index (κ3) is 2.43. The number of amides is 1. The minimum atomic E-state index is -0.329. The van der Waals surface area contributed by atoms with Gasteiger partial charge in [0.15, 0.2) is 11.5 Å². The molecule has 1 aliphatic rings. The molecule has 1 aromatic rings. The second-order valence-corrected chi connectivity index (χ2v) is 3.67. The first-order valence-electron chi connectivity index (χ1n) is 5.46. The molecule has 1 heterocycles. The molecule has 0 N–H and O–H groups in total. The van der Waals surface area contributed by atoms with E-state index in [9.17, 15) is 4.79 Å². The monoisotopic (exact) mass is 237 g/mol. The standard InChI is InChI=1S/C12H15NO4/c1-3-13(12(14)15-2)7-9-4-5-10-11(6-9)17-8-16-10/h4-6H,3,7-8H2,1-2H3. The number of methoxy groups -OCH3 is 1. The van der Waals surface area contributed by atoms with E-state index in [0.29, 0.717) is 13.1 Å². The lowest BCUT2D eigenvalue weighted by Crippen LogP contribution is -2.29. The Morgan fingerprint density at radius 3 is 2.88 bits per heavy atom. The molecule has 1 aromatic carbocycles. The highest BCUT2D eigenvalue weighted by atomic mass is 16.7. The summed E-state index contributed by atoms with van der Waals surface area (Å²) in [6, 6.07) is 5.65. The van der Waals surface area contributed by atoms with Crippen LogP contribution in [0.1, 0.15) is 12.5 Å². The number of carbonyl (C=O) groups excluding carboxylic acids is 1. The van der Waals surface area contributed by atoms with Crippen molar-refractivity contribution in [2.24, 2.45) is 0 Å². The number of hydrogen-bond acceptors (Lipinski definition) is 4. The van der Waals surface area contributed by atoms with Crippen LogP contribution in [0.2, 0.25) is 0 Å². The maximum absolute atomic E-state index is 11.4. The van der Waals surface area contributed by atoms with Crippen LogP contribution in [0.5, 0.6) is 11.5 Å². The Morgan fingerprint density at radius 2 is 2.18 bits per heavy atom. The molecule has 0 unspecified atom stereocenters. The van der Waals surface area contributed by atoms with Crippen molar-refractivity contribution in [3.63, 3.8) is 0 Å². The van der Waals surface area contributed by atoms with Gasteiger partial charge in [-0.2, -0.15) is 0 Å². The van der Waals surface area contributed by atoms with E-state index in [0.717, 1.165) is 17.1 Å². The summed E-state index contributed by atoms with van der Waals surface area (Å²) < 4.78 is 15.2. The Morgan fingerprint density at radius 1 is 1.41 bits per heavy atom. The molecule has 0 saturated carbocycles. The van der Waals surface area contributed by atoms with Gasteiger partial charge in [-0.15, -0.1) is 0 Å². The number of ether oxygens (including phenoxy) is 3. The molecule has 0 aliphatic carbocycles. The van der Waals surface area contributed by atoms with Crippen LogP contribution in [0.4, 0.5) is 4.79 Å². The fraction of sp³-hybridized carbons (Fsp3) is 0.417. The summed E-state index contributed by atoms with van der Waals surface area (Å²) in [5, 5.41) is 0. The second kappa shape index (κ2) is 4.95. The smallest absolute Gasteiger partial charge is 0.409 e. The maximum atomic E-state index is 11.4. The predicted molar refractivity (Wildman–Crippen MR) is 61.1 cm³/mol. The normalized spacial score (nSPS) is 12.4. The second-order valence-electron chi connectivity index (χ2n) is 3.67. The highest BCUT2D eigenvalue weighted by molar-refractivity contribution is 5.67. The van der Waals surface area contributed by atoms with Crippen LogP contribution in [-0.2, 0) is 11.3 Å². The fourth-order valence-electron chi connectivity index (χ4n) is 1.69. The fourth-order valence-corrected chi connectivity index (χ4v) is 1.69. The Labute approximate surface area is 99.9 Å². The van der Waals surface area contributed by atoms with Gasteiger partial charge in [-0.3, -0.25) is 0 Å². The van der Waals surface area contributed by atoms with Crippen molar-refractivity contribution in [1.82, 2.24) is 4.90 Å². The third-order valence-electron chi connectivity index (χ3n) is 2.62. The van der Waals surface area contributed by atoms with Crippen LogP contribution >= 0.6 is 0 Å². The zero-order valence-electron chi connectivity index (χ0n) is 9.93. The topological polar surface area (TPSA) is 48.0 Å². The summed E-state index contributed by atoms with van der Waals surface area (Å²) in [4.78, 5) is 13.0. The molecule has 17 heavy (non-hydrogen) atoms. The highest BCUT2D eigenvalue weighted by Gasteiger charge is 2.16. The van der Waals surface area contributed by atoms with Crippen LogP contribution in [0.3, 0.4) is 0 Å². The lowest BCUT2D eigenvalue weighted by Gasteiger charge is -2.19. The molecule has 0 saturated heterocycles. The van der Waals surface area contributed by atoms with Crippen LogP contribution in [-0.4, -0.2) is 31.4 Å². The molecule has 1 amide bonds. The minimum absolute atomic E-state index is 0.257. The number of rotatable bonds is 3. The van der Waals surface area contributed by atoms with E-state index < -0.39 is 0 Å². The largest absolute Gasteiger partial charge is 0.454 e. The lowest BCUT2D eigenvalue weighted by atomic mass is 10.2. The predicted octanol–water partition coefficient (Wildman–Crippen LogP) is 2.00. The van der Waals surface area contributed by atoms with Gasteiger partial charge in [0.1, 0.15) is 0 Å². The highest BCUT2D eigenvalue weighted by Crippen LogP contribution is 2.32. The summed E-state index contributed by atoms with van der Waals surface area (Å²) >= 11 is 0. The zero-order valence-corrected chi connectivity index (χ0v) is 9.93. The van der Waals surface area contributed by atoms with E-state index in [1.165, 1.54) is 7.11 Å². The molecule has 92 valence electrons. The van der Waals surface area contributed by atoms with E-state index in [-0.39, 0.29) is 12.9 Å². The number of nitrogens with zero attached hydrogens (tertiary/aromatic N) is 1. The van der Waals surface area contributed by atoms with Crippen LogP contribution in [0.25, 0.3) is 0 Å². The molecular formula is C12H15NO4. The quantitative estimate of drug-likeness (QED) is 0.806. The van der Waals surface area contributed by atoms with E-state index in [4.69, 9.17) is 14.2 Å². The molecule has 0 spiro atoms. The van der Waals surface area contributed by atoms with Crippen molar-refractivity contribution in [3.05, 3.63) is 23.8 Å². The number of fused-ring (bicyclic) bond motifs is 1. The van der Waals surface area contributed by atoms with Crippen LogP contribution in [0.15, 0.2) is 18.2 Å². The number of benzene rings is 1. The molecule has 0 aromatic heterocycles. The van der Waals surface area contributed by atoms with E-state index in [2.05, 4.69) is 0 Å². The van der Waals surface area contributed by atoms with Crippen molar-refractivity contribution >= 4 is 6.09 Å². The SMILES string of the molecule is CCN(Cc1ccc2c(c1)OCO2)C(=O)OC. The molecular weight excluding hydrogens is 222 g/mol. The van der Waals surface area contributed by atoms with Crippen molar-refractivity contribution in [2.75, 3.05) is 20.4 Å². The van der Waals surface area contributed by atoms with E-state index >= 15 is 0 Å². The molecule has 5 heteroatoms. The van der Waals surface area contributed by atoms with Crippen molar-refractivity contribution in [2.45, 2.75) is 13.5 Å². The molecule has 0 radical (unpaired) electrons. The first kappa shape index (κ1) is 11.6. The first-order valence-corrected chi connectivity index (χ1v) is 5.46. The van der Waals surface area contributed by atoms with Gasteiger partial charge in [0.2, 0.25) is 6.79 Å². The van der Waals surface area contributed by atoms with E-state index in [1.54, 1.807) is 4.90 Å². The number of hydrogen-bond donors (Lipinski definition) is 0. The Balaban J connectivity index is 2.10. The molecule has 5 nitrogen and oxygen atoms in total. The summed E-state index contributed by atoms with van der Waals surface area (Å²) in [7, 11) is 1.38. The van der Waals surface area contributed by atoms with Crippen LogP contribution in [0, 0.1) is 0 Å². The Hall–Kier alpha value is -1.91. The van der Waals surface area contributed by atoms with Crippen molar-refractivity contribution in [1.29, 1.82) is 0 Å². The average Bonchev–Trinajstić information content (AvgIpc) is 2.82. The third-order valence-corrected chi connectivity index (χ3v) is 2.62. The van der Waals surface area contributed by atoms with Gasteiger partial charge in [0.25, 0.3) is 0 Å². The summed E-state index contributed by atoms with van der Waals surface area (Å²) in [5.41, 5.74) is 0.988. The summed E-state index contributed by atoms with van der Waals surface area (Å²) in [6.07, 6.45) is -0.329. The minimum Gasteiger partial charge on any atom is -0.454 e. The summed E-state index contributed by atoms with van der Waals surface area (Å²) in [6.45, 7) is 3.26. The molecule has 0 fully saturated rings. The van der Waals surface area contributed by atoms with E-state index in [1.807, 2.05) is 25.1 Å². The average molecular weight is 237 g/mol. The van der Waals surface area contributed by atoms with Gasteiger partial charge in [-0.05, 0) is 24.6 Å². The van der Waals surface area contributed by atoms with Crippen LogP contribution < -0.4 is 9.47 Å². The van der Waals surface area contributed by atoms with Crippen molar-refractivity contribution < 1.29 is 19.0 Å². The van der Waals surface area contributed by atoms with Gasteiger partial charge in [-0.25, -0.2) is 4.79 Å². The van der Waals surface area contributed by atoms with Gasteiger partial charge in [0.05, 0.1) is 7.11 Å². The summed E-state index contributed by atoms with van der Waals surface area (Å²) in [5.74, 6) is 1.47. The maximum Gasteiger partial charge on any atom is 0.409 e. The lowest BCUT2D eigenvalue weighted by molar-refractivity contribution is 0.123. The molecule has 1 aliphatic heterocycles. The number of carbonyl (C=O) groups is 1. The molecule has 0 bridgehead atoms. The van der Waals surface area contributed by atoms with Crippen molar-refractivity contribution in [3.8, 4) is 11.5 Å². The van der Waals surface area contributed by atoms with Gasteiger partial charge in [0, 0.05) is 13.1 Å². The van der Waals surface area contributed by atoms with Gasteiger partial charge >= 0.3 is 6.09 Å². The zero-order chi connectivity index (χ0) is 12.3. The first-order chi connectivity index (χ1) is 8.24.